The largest absolute Gasteiger partial charge is 0.350 e. The van der Waals surface area contributed by atoms with Crippen LogP contribution in [-0.4, -0.2) is 54.1 Å². The van der Waals surface area contributed by atoms with Crippen LogP contribution in [0.3, 0.4) is 0 Å². The summed E-state index contributed by atoms with van der Waals surface area (Å²) in [4.78, 5) is 25.8. The molecular weight excluding hydrogens is 292 g/mol. The minimum Gasteiger partial charge on any atom is -0.350 e. The van der Waals surface area contributed by atoms with Crippen LogP contribution in [0.15, 0.2) is 29.4 Å². The number of fused-ring (bicyclic) bond motifs is 1. The lowest BCUT2D eigenvalue weighted by Gasteiger charge is -2.28. The highest BCUT2D eigenvalue weighted by molar-refractivity contribution is 6.39. The van der Waals surface area contributed by atoms with Crippen LogP contribution in [0.2, 0.25) is 0 Å². The number of carbonyl (C=O) groups is 2. The Morgan fingerprint density at radius 2 is 2.00 bits per heavy atom. The van der Waals surface area contributed by atoms with Crippen LogP contribution in [-0.2, 0) is 22.6 Å². The molecule has 0 saturated carbocycles. The fourth-order valence-corrected chi connectivity index (χ4v) is 3.01. The van der Waals surface area contributed by atoms with Crippen molar-refractivity contribution in [2.45, 2.75) is 25.8 Å². The van der Waals surface area contributed by atoms with Crippen molar-refractivity contribution in [2.75, 3.05) is 26.7 Å². The molecule has 0 saturated heterocycles. The number of hydrogen-bond donors (Lipinski definition) is 1. The monoisotopic (exact) mass is 314 g/mol. The Kier molecular flexibility index (Phi) is 4.71. The number of hydrogen-bond acceptors (Lipinski definition) is 4. The predicted molar refractivity (Wildman–Crippen MR) is 87.9 cm³/mol. The third-order valence-electron chi connectivity index (χ3n) is 4.39. The third-order valence-corrected chi connectivity index (χ3v) is 4.39. The van der Waals surface area contributed by atoms with Crippen LogP contribution >= 0.6 is 0 Å². The van der Waals surface area contributed by atoms with Crippen LogP contribution in [0, 0.1) is 0 Å². The summed E-state index contributed by atoms with van der Waals surface area (Å²) in [6.07, 6.45) is 1.83. The van der Waals surface area contributed by atoms with Gasteiger partial charge in [-0.2, -0.15) is 5.10 Å². The number of carbonyl (C=O) groups excluding carboxylic acids is 2. The second-order valence-electron chi connectivity index (χ2n) is 6.01. The van der Waals surface area contributed by atoms with E-state index in [0.29, 0.717) is 25.1 Å². The zero-order chi connectivity index (χ0) is 16.2. The fourth-order valence-electron chi connectivity index (χ4n) is 3.01. The fraction of sp³-hybridized carbons (Fsp3) is 0.471. The molecule has 2 aliphatic rings. The van der Waals surface area contributed by atoms with Crippen molar-refractivity contribution in [1.29, 1.82) is 0 Å². The molecule has 0 atom stereocenters. The van der Waals surface area contributed by atoms with Crippen molar-refractivity contribution in [1.82, 2.24) is 15.2 Å². The molecule has 0 fully saturated rings. The van der Waals surface area contributed by atoms with E-state index in [1.54, 1.807) is 7.05 Å². The van der Waals surface area contributed by atoms with Gasteiger partial charge in [0.05, 0.1) is 0 Å². The Morgan fingerprint density at radius 1 is 1.22 bits per heavy atom. The predicted octanol–water partition coefficient (Wildman–Crippen LogP) is 0.769. The smallest absolute Gasteiger partial charge is 0.267 e. The average Bonchev–Trinajstić information content (AvgIpc) is 2.57. The summed E-state index contributed by atoms with van der Waals surface area (Å²) in [5.41, 5.74) is 3.25. The molecule has 122 valence electrons. The highest BCUT2D eigenvalue weighted by Crippen LogP contribution is 2.17. The molecule has 1 aromatic rings. The van der Waals surface area contributed by atoms with Gasteiger partial charge in [-0.15, -0.1) is 0 Å². The van der Waals surface area contributed by atoms with Gasteiger partial charge in [0.25, 0.3) is 5.91 Å². The molecule has 2 amide bonds. The highest BCUT2D eigenvalue weighted by Gasteiger charge is 2.22. The van der Waals surface area contributed by atoms with Crippen LogP contribution in [0.4, 0.5) is 0 Å². The summed E-state index contributed by atoms with van der Waals surface area (Å²) >= 11 is 0. The summed E-state index contributed by atoms with van der Waals surface area (Å²) in [7, 11) is 1.58. The highest BCUT2D eigenvalue weighted by atomic mass is 16.2. The quantitative estimate of drug-likeness (QED) is 0.893. The Balaban J connectivity index is 1.46. The number of nitrogens with one attached hydrogen (secondary N) is 1. The van der Waals surface area contributed by atoms with Crippen molar-refractivity contribution in [3.8, 4) is 0 Å². The van der Waals surface area contributed by atoms with Crippen LogP contribution in [0.1, 0.15) is 24.0 Å². The van der Waals surface area contributed by atoms with Crippen molar-refractivity contribution >= 4 is 17.5 Å². The third kappa shape index (κ3) is 3.76. The first-order valence-electron chi connectivity index (χ1n) is 8.05. The van der Waals surface area contributed by atoms with Crippen molar-refractivity contribution in [3.05, 3.63) is 35.4 Å². The summed E-state index contributed by atoms with van der Waals surface area (Å²) < 4.78 is 0. The van der Waals surface area contributed by atoms with E-state index in [4.69, 9.17) is 0 Å². The Morgan fingerprint density at radius 3 is 2.78 bits per heavy atom. The van der Waals surface area contributed by atoms with Gasteiger partial charge in [0.1, 0.15) is 5.71 Å². The molecule has 6 nitrogen and oxygen atoms in total. The zero-order valence-electron chi connectivity index (χ0n) is 13.4. The molecule has 0 bridgehead atoms. The standard InChI is InChI=1S/C17H22N4O2/c1-20-16(22)7-6-15(19-20)17(23)18-9-11-21-10-8-13-4-2-3-5-14(13)12-21/h2-5H,6-12H2,1H3,(H,18,23). The molecule has 1 N–H and O–H groups in total. The van der Waals surface area contributed by atoms with E-state index in [1.165, 1.54) is 16.1 Å². The number of amides is 2. The van der Waals surface area contributed by atoms with E-state index in [9.17, 15) is 9.59 Å². The maximum atomic E-state index is 12.1. The molecule has 0 aliphatic carbocycles. The molecule has 0 spiro atoms. The minimum absolute atomic E-state index is 0.0477. The molecule has 2 heterocycles. The van der Waals surface area contributed by atoms with Gasteiger partial charge in [0.2, 0.25) is 5.91 Å². The maximum Gasteiger partial charge on any atom is 0.267 e. The van der Waals surface area contributed by atoms with Gasteiger partial charge in [0, 0.05) is 46.1 Å². The maximum absolute atomic E-state index is 12.1. The number of rotatable bonds is 4. The first-order valence-corrected chi connectivity index (χ1v) is 8.05. The lowest BCUT2D eigenvalue weighted by Crippen LogP contribution is -2.41. The summed E-state index contributed by atoms with van der Waals surface area (Å²) in [6.45, 7) is 3.37. The first-order chi connectivity index (χ1) is 11.1. The SMILES string of the molecule is CN1N=C(C(=O)NCCN2CCc3ccccc3C2)CCC1=O. The molecule has 6 heteroatoms. The second-order valence-corrected chi connectivity index (χ2v) is 6.01. The number of benzene rings is 1. The summed E-state index contributed by atoms with van der Waals surface area (Å²) in [5, 5.41) is 8.19. The van der Waals surface area contributed by atoms with E-state index in [0.717, 1.165) is 26.1 Å². The van der Waals surface area contributed by atoms with Gasteiger partial charge >= 0.3 is 0 Å². The van der Waals surface area contributed by atoms with Gasteiger partial charge in [-0.3, -0.25) is 14.5 Å². The molecule has 0 unspecified atom stereocenters. The normalized spacial score (nSPS) is 18.4. The summed E-state index contributed by atoms with van der Waals surface area (Å²) in [5.74, 6) is -0.213. The lowest BCUT2D eigenvalue weighted by atomic mass is 10.00. The van der Waals surface area contributed by atoms with Crippen LogP contribution in [0.5, 0.6) is 0 Å². The molecule has 0 radical (unpaired) electrons. The van der Waals surface area contributed by atoms with Crippen molar-refractivity contribution in [2.24, 2.45) is 5.10 Å². The Bertz CT molecular complexity index is 641. The van der Waals surface area contributed by atoms with E-state index >= 15 is 0 Å². The second kappa shape index (κ2) is 6.91. The molecule has 2 aliphatic heterocycles. The molecule has 0 aromatic heterocycles. The van der Waals surface area contributed by atoms with Gasteiger partial charge in [0.15, 0.2) is 0 Å². The molecule has 1 aromatic carbocycles. The Hall–Kier alpha value is -2.21. The van der Waals surface area contributed by atoms with Crippen LogP contribution < -0.4 is 5.32 Å². The van der Waals surface area contributed by atoms with E-state index < -0.39 is 0 Å². The number of nitrogens with zero attached hydrogens (tertiary/aromatic N) is 3. The molecule has 3 rings (SSSR count). The minimum atomic E-state index is -0.165. The first kappa shape index (κ1) is 15.7. The van der Waals surface area contributed by atoms with E-state index in [2.05, 4.69) is 39.6 Å². The average molecular weight is 314 g/mol. The lowest BCUT2D eigenvalue weighted by molar-refractivity contribution is -0.130. The van der Waals surface area contributed by atoms with Gasteiger partial charge in [-0.05, 0) is 17.5 Å². The van der Waals surface area contributed by atoms with E-state index in [1.807, 2.05) is 0 Å². The van der Waals surface area contributed by atoms with Crippen LogP contribution in [0.25, 0.3) is 0 Å². The number of hydrazone groups is 1. The molecular formula is C17H22N4O2. The van der Waals surface area contributed by atoms with Crippen molar-refractivity contribution < 1.29 is 9.59 Å². The van der Waals surface area contributed by atoms with E-state index in [-0.39, 0.29) is 11.8 Å². The van der Waals surface area contributed by atoms with Gasteiger partial charge < -0.3 is 5.32 Å². The van der Waals surface area contributed by atoms with Gasteiger partial charge in [-0.25, -0.2) is 5.01 Å². The topological polar surface area (TPSA) is 65.0 Å². The van der Waals surface area contributed by atoms with Gasteiger partial charge in [-0.1, -0.05) is 24.3 Å². The van der Waals surface area contributed by atoms with Crippen molar-refractivity contribution in [3.63, 3.8) is 0 Å². The summed E-state index contributed by atoms with van der Waals surface area (Å²) in [6, 6.07) is 8.52. The molecule has 23 heavy (non-hydrogen) atoms. The zero-order valence-corrected chi connectivity index (χ0v) is 13.4. The Labute approximate surface area is 136 Å².